The fourth-order valence-corrected chi connectivity index (χ4v) is 1.87. The van der Waals surface area contributed by atoms with Gasteiger partial charge in [-0.15, -0.1) is 0 Å². The van der Waals surface area contributed by atoms with Crippen LogP contribution in [-0.2, 0) is 0 Å². The van der Waals surface area contributed by atoms with Crippen LogP contribution in [0.5, 0.6) is 0 Å². The van der Waals surface area contributed by atoms with E-state index >= 15 is 0 Å². The predicted molar refractivity (Wildman–Crippen MR) is 73.7 cm³/mol. The van der Waals surface area contributed by atoms with Crippen LogP contribution in [0.15, 0.2) is 18.2 Å². The van der Waals surface area contributed by atoms with Gasteiger partial charge >= 0.3 is 0 Å². The molecule has 4 N–H and O–H groups in total. The van der Waals surface area contributed by atoms with E-state index in [1.54, 1.807) is 12.1 Å². The zero-order chi connectivity index (χ0) is 13.7. The van der Waals surface area contributed by atoms with E-state index in [1.807, 2.05) is 13.8 Å². The van der Waals surface area contributed by atoms with Crippen molar-refractivity contribution in [2.24, 2.45) is 5.92 Å². The molecule has 5 heteroatoms. The van der Waals surface area contributed by atoms with Crippen molar-refractivity contribution >= 4 is 23.2 Å². The number of aliphatic hydroxyl groups is 1. The molecule has 0 radical (unpaired) electrons. The summed E-state index contributed by atoms with van der Waals surface area (Å²) in [5.74, 6) is 0.147. The lowest BCUT2D eigenvalue weighted by atomic mass is 10.0. The highest BCUT2D eigenvalue weighted by Gasteiger charge is 2.14. The average molecular weight is 271 g/mol. The summed E-state index contributed by atoms with van der Waals surface area (Å²) in [6.07, 6.45) is 0.727. The summed E-state index contributed by atoms with van der Waals surface area (Å²) in [7, 11) is 0. The normalized spacial score (nSPS) is 12.5. The molecule has 1 amide bonds. The van der Waals surface area contributed by atoms with Crippen molar-refractivity contribution in [3.05, 3.63) is 28.8 Å². The Morgan fingerprint density at radius 2 is 2.17 bits per heavy atom. The minimum Gasteiger partial charge on any atom is -0.398 e. The molecule has 0 fully saturated rings. The summed E-state index contributed by atoms with van der Waals surface area (Å²) in [6, 6.07) is 4.48. The van der Waals surface area contributed by atoms with Crippen molar-refractivity contribution in [1.82, 2.24) is 5.32 Å². The number of hydrogen-bond acceptors (Lipinski definition) is 3. The van der Waals surface area contributed by atoms with Crippen LogP contribution in [0.3, 0.4) is 0 Å². The lowest BCUT2D eigenvalue weighted by Crippen LogP contribution is -2.38. The van der Waals surface area contributed by atoms with E-state index in [2.05, 4.69) is 5.32 Å². The second-order valence-electron chi connectivity index (χ2n) is 4.72. The smallest absolute Gasteiger partial charge is 0.251 e. The van der Waals surface area contributed by atoms with Gasteiger partial charge < -0.3 is 16.2 Å². The second kappa shape index (κ2) is 6.61. The number of anilines is 1. The summed E-state index contributed by atoms with van der Waals surface area (Å²) >= 11 is 5.86. The minimum absolute atomic E-state index is 0.0768. The predicted octanol–water partition coefficient (Wildman–Crippen LogP) is 2.06. The van der Waals surface area contributed by atoms with Crippen LogP contribution in [0, 0.1) is 5.92 Å². The molecule has 0 aliphatic heterocycles. The second-order valence-corrected chi connectivity index (χ2v) is 5.13. The highest BCUT2D eigenvalue weighted by atomic mass is 35.5. The van der Waals surface area contributed by atoms with E-state index in [0.29, 0.717) is 22.2 Å². The number of halogens is 1. The van der Waals surface area contributed by atoms with Gasteiger partial charge in [-0.25, -0.2) is 0 Å². The lowest BCUT2D eigenvalue weighted by Gasteiger charge is -2.18. The molecule has 100 valence electrons. The molecule has 0 aliphatic rings. The highest BCUT2D eigenvalue weighted by molar-refractivity contribution is 6.33. The van der Waals surface area contributed by atoms with Crippen LogP contribution in [-0.4, -0.2) is 23.7 Å². The molecule has 18 heavy (non-hydrogen) atoms. The highest BCUT2D eigenvalue weighted by Crippen LogP contribution is 2.19. The average Bonchev–Trinajstić information content (AvgIpc) is 2.31. The molecule has 0 aliphatic carbocycles. The number of carbonyl (C=O) groups is 1. The number of nitrogens with two attached hydrogens (primary N) is 1. The van der Waals surface area contributed by atoms with Gasteiger partial charge in [-0.1, -0.05) is 25.4 Å². The number of rotatable bonds is 5. The number of nitrogen functional groups attached to an aromatic ring is 1. The minimum atomic E-state index is -0.253. The molecular formula is C13H19ClN2O2. The first-order valence-electron chi connectivity index (χ1n) is 5.90. The van der Waals surface area contributed by atoms with Gasteiger partial charge in [0.2, 0.25) is 0 Å². The Balaban J connectivity index is 2.71. The van der Waals surface area contributed by atoms with Crippen molar-refractivity contribution in [1.29, 1.82) is 0 Å². The Hall–Kier alpha value is -1.26. The molecule has 0 heterocycles. The zero-order valence-electron chi connectivity index (χ0n) is 10.6. The maximum Gasteiger partial charge on any atom is 0.251 e. The van der Waals surface area contributed by atoms with Gasteiger partial charge in [-0.05, 0) is 30.5 Å². The van der Waals surface area contributed by atoms with Crippen molar-refractivity contribution < 1.29 is 9.90 Å². The van der Waals surface area contributed by atoms with Gasteiger partial charge in [0.1, 0.15) is 0 Å². The van der Waals surface area contributed by atoms with Crippen molar-refractivity contribution in [3.63, 3.8) is 0 Å². The number of aliphatic hydroxyl groups excluding tert-OH is 1. The van der Waals surface area contributed by atoms with Crippen LogP contribution in [0.1, 0.15) is 30.6 Å². The first-order chi connectivity index (χ1) is 8.43. The monoisotopic (exact) mass is 270 g/mol. The summed E-state index contributed by atoms with van der Waals surface area (Å²) in [4.78, 5) is 11.9. The number of carbonyl (C=O) groups excluding carboxylic acids is 1. The van der Waals surface area contributed by atoms with Gasteiger partial charge in [-0.3, -0.25) is 4.79 Å². The number of amides is 1. The molecule has 0 aromatic heterocycles. The molecule has 1 rings (SSSR count). The van der Waals surface area contributed by atoms with Gasteiger partial charge in [0.25, 0.3) is 5.91 Å². The molecule has 1 unspecified atom stereocenters. The molecule has 0 spiro atoms. The quantitative estimate of drug-likeness (QED) is 0.717. The standard InChI is InChI=1S/C13H19ClN2O2/c1-8(2)5-10(7-17)16-13(18)9-3-4-12(15)11(14)6-9/h3-4,6,8,10,17H,5,7,15H2,1-2H3,(H,16,18). The molecule has 0 saturated carbocycles. The van der Waals surface area contributed by atoms with E-state index in [9.17, 15) is 9.90 Å². The molecule has 0 saturated heterocycles. The van der Waals surface area contributed by atoms with Crippen LogP contribution < -0.4 is 11.1 Å². The number of hydrogen-bond donors (Lipinski definition) is 3. The maximum absolute atomic E-state index is 11.9. The third kappa shape index (κ3) is 4.20. The molecule has 1 atom stereocenters. The van der Waals surface area contributed by atoms with Crippen molar-refractivity contribution in [3.8, 4) is 0 Å². The summed E-state index contributed by atoms with van der Waals surface area (Å²) < 4.78 is 0. The largest absolute Gasteiger partial charge is 0.398 e. The Morgan fingerprint density at radius 3 is 2.67 bits per heavy atom. The Labute approximate surface area is 112 Å². The fourth-order valence-electron chi connectivity index (χ4n) is 1.69. The summed E-state index contributed by atoms with van der Waals surface area (Å²) in [6.45, 7) is 4.00. The van der Waals surface area contributed by atoms with Crippen LogP contribution in [0.2, 0.25) is 5.02 Å². The summed E-state index contributed by atoms with van der Waals surface area (Å²) in [5, 5.41) is 12.3. The first kappa shape index (κ1) is 14.8. The number of benzene rings is 1. The molecular weight excluding hydrogens is 252 g/mol. The third-order valence-electron chi connectivity index (χ3n) is 2.57. The Morgan fingerprint density at radius 1 is 1.50 bits per heavy atom. The molecule has 4 nitrogen and oxygen atoms in total. The zero-order valence-corrected chi connectivity index (χ0v) is 11.4. The van der Waals surface area contributed by atoms with Crippen LogP contribution >= 0.6 is 11.6 Å². The maximum atomic E-state index is 11.9. The van der Waals surface area contributed by atoms with Gasteiger partial charge in [0, 0.05) is 5.56 Å². The molecule has 1 aromatic carbocycles. The molecule has 0 bridgehead atoms. The lowest BCUT2D eigenvalue weighted by molar-refractivity contribution is 0.0908. The van der Waals surface area contributed by atoms with E-state index in [-0.39, 0.29) is 18.6 Å². The third-order valence-corrected chi connectivity index (χ3v) is 2.90. The van der Waals surface area contributed by atoms with Crippen LogP contribution in [0.4, 0.5) is 5.69 Å². The Bertz CT molecular complexity index is 421. The number of nitrogens with one attached hydrogen (secondary N) is 1. The summed E-state index contributed by atoms with van der Waals surface area (Å²) in [5.41, 5.74) is 6.46. The van der Waals surface area contributed by atoms with E-state index in [1.165, 1.54) is 6.07 Å². The Kier molecular flexibility index (Phi) is 5.44. The molecule has 1 aromatic rings. The van der Waals surface area contributed by atoms with Crippen molar-refractivity contribution in [2.45, 2.75) is 26.3 Å². The topological polar surface area (TPSA) is 75.3 Å². The SMILES string of the molecule is CC(C)CC(CO)NC(=O)c1ccc(N)c(Cl)c1. The van der Waals surface area contributed by atoms with Gasteiger partial charge in [0.15, 0.2) is 0 Å². The van der Waals surface area contributed by atoms with E-state index in [4.69, 9.17) is 17.3 Å². The first-order valence-corrected chi connectivity index (χ1v) is 6.28. The van der Waals surface area contributed by atoms with Gasteiger partial charge in [0.05, 0.1) is 23.4 Å². The fraction of sp³-hybridized carbons (Fsp3) is 0.462. The van der Waals surface area contributed by atoms with E-state index < -0.39 is 0 Å². The van der Waals surface area contributed by atoms with Crippen LogP contribution in [0.25, 0.3) is 0 Å². The van der Waals surface area contributed by atoms with Crippen molar-refractivity contribution in [2.75, 3.05) is 12.3 Å². The van der Waals surface area contributed by atoms with Gasteiger partial charge in [-0.2, -0.15) is 0 Å². The van der Waals surface area contributed by atoms with E-state index in [0.717, 1.165) is 6.42 Å².